The van der Waals surface area contributed by atoms with E-state index in [9.17, 15) is 29.3 Å². The average molecular weight is 388 g/mol. The Hall–Kier alpha value is -3.30. The molecule has 1 aromatic rings. The number of carbonyl (C=O) groups is 4. The Bertz CT molecular complexity index is 868. The molecule has 0 aromatic heterocycles. The maximum atomic E-state index is 12.6. The molecule has 10 nitrogen and oxygen atoms in total. The van der Waals surface area contributed by atoms with Crippen LogP contribution in [0.2, 0.25) is 0 Å². The molecule has 3 rings (SSSR count). The number of nitrogens with zero attached hydrogens (tertiary/aromatic N) is 4. The van der Waals surface area contributed by atoms with Gasteiger partial charge in [0, 0.05) is 44.7 Å². The van der Waals surface area contributed by atoms with Crippen molar-refractivity contribution in [1.29, 1.82) is 0 Å². The number of rotatable bonds is 4. The molecule has 0 spiro atoms. The molecule has 0 radical (unpaired) electrons. The first kappa shape index (κ1) is 19.5. The van der Waals surface area contributed by atoms with Gasteiger partial charge in [-0.2, -0.15) is 0 Å². The number of nitro groups is 1. The fourth-order valence-electron chi connectivity index (χ4n) is 3.41. The number of imide groups is 1. The van der Waals surface area contributed by atoms with E-state index >= 15 is 0 Å². The summed E-state index contributed by atoms with van der Waals surface area (Å²) in [5, 5.41) is 10.9. The van der Waals surface area contributed by atoms with Crippen LogP contribution >= 0.6 is 0 Å². The van der Waals surface area contributed by atoms with Gasteiger partial charge < -0.3 is 9.80 Å². The molecular formula is C18H20N4O6. The summed E-state index contributed by atoms with van der Waals surface area (Å²) in [5.74, 6) is -1.72. The lowest BCUT2D eigenvalue weighted by molar-refractivity contribution is -0.384. The number of fused-ring (bicyclic) bond motifs is 1. The Morgan fingerprint density at radius 2 is 1.61 bits per heavy atom. The Labute approximate surface area is 160 Å². The maximum Gasteiger partial charge on any atom is 0.270 e. The van der Waals surface area contributed by atoms with Gasteiger partial charge in [-0.05, 0) is 12.5 Å². The van der Waals surface area contributed by atoms with E-state index in [2.05, 4.69) is 0 Å². The van der Waals surface area contributed by atoms with Crippen molar-refractivity contribution in [3.05, 3.63) is 39.4 Å². The fourth-order valence-corrected chi connectivity index (χ4v) is 3.41. The van der Waals surface area contributed by atoms with Gasteiger partial charge in [-0.1, -0.05) is 6.92 Å². The summed E-state index contributed by atoms with van der Waals surface area (Å²) in [4.78, 5) is 63.8. The third-order valence-corrected chi connectivity index (χ3v) is 4.96. The van der Waals surface area contributed by atoms with Crippen molar-refractivity contribution in [2.75, 3.05) is 32.7 Å². The Balaban J connectivity index is 1.69. The molecule has 1 fully saturated rings. The molecule has 0 N–H and O–H groups in total. The van der Waals surface area contributed by atoms with Gasteiger partial charge in [0.05, 0.1) is 16.1 Å². The van der Waals surface area contributed by atoms with Crippen LogP contribution in [0.5, 0.6) is 0 Å². The van der Waals surface area contributed by atoms with E-state index in [0.29, 0.717) is 39.0 Å². The van der Waals surface area contributed by atoms with E-state index in [4.69, 9.17) is 0 Å². The zero-order chi connectivity index (χ0) is 20.4. The van der Waals surface area contributed by atoms with E-state index in [1.807, 2.05) is 0 Å². The van der Waals surface area contributed by atoms with Crippen molar-refractivity contribution in [1.82, 2.24) is 14.7 Å². The van der Waals surface area contributed by atoms with Crippen LogP contribution in [0.1, 0.15) is 40.5 Å². The first-order valence-electron chi connectivity index (χ1n) is 9.03. The van der Waals surface area contributed by atoms with Crippen LogP contribution < -0.4 is 0 Å². The SMILES string of the molecule is CCC(=O)N1CCCN(C(=O)CN2C(=O)c3ccc([N+](=O)[O-])cc3C2=O)CC1. The van der Waals surface area contributed by atoms with Gasteiger partial charge >= 0.3 is 0 Å². The molecule has 2 aliphatic rings. The second-order valence-corrected chi connectivity index (χ2v) is 6.65. The predicted octanol–water partition coefficient (Wildman–Crippen LogP) is 0.662. The number of nitro benzene ring substituents is 1. The number of amides is 4. The summed E-state index contributed by atoms with van der Waals surface area (Å²) in [7, 11) is 0. The maximum absolute atomic E-state index is 12.6. The molecule has 0 bridgehead atoms. The number of benzene rings is 1. The van der Waals surface area contributed by atoms with Crippen LogP contribution in [0.4, 0.5) is 5.69 Å². The second kappa shape index (κ2) is 7.75. The monoisotopic (exact) mass is 388 g/mol. The highest BCUT2D eigenvalue weighted by molar-refractivity contribution is 6.22. The smallest absolute Gasteiger partial charge is 0.270 e. The normalized spacial score (nSPS) is 16.8. The highest BCUT2D eigenvalue weighted by atomic mass is 16.6. The van der Waals surface area contributed by atoms with Gasteiger partial charge in [0.15, 0.2) is 0 Å². The van der Waals surface area contributed by atoms with E-state index in [0.717, 1.165) is 17.0 Å². The topological polar surface area (TPSA) is 121 Å². The van der Waals surface area contributed by atoms with Crippen molar-refractivity contribution in [3.63, 3.8) is 0 Å². The van der Waals surface area contributed by atoms with Crippen LogP contribution in [0.3, 0.4) is 0 Å². The third kappa shape index (κ3) is 3.57. The Kier molecular flexibility index (Phi) is 5.39. The van der Waals surface area contributed by atoms with Crippen LogP contribution in [0.15, 0.2) is 18.2 Å². The van der Waals surface area contributed by atoms with Gasteiger partial charge in [0.2, 0.25) is 11.8 Å². The molecule has 0 aliphatic carbocycles. The minimum atomic E-state index is -0.713. The van der Waals surface area contributed by atoms with Crippen LogP contribution in [-0.4, -0.2) is 76.0 Å². The lowest BCUT2D eigenvalue weighted by Gasteiger charge is -2.23. The summed E-state index contributed by atoms with van der Waals surface area (Å²) in [5.41, 5.74) is -0.303. The van der Waals surface area contributed by atoms with Crippen molar-refractivity contribution < 1.29 is 24.1 Å². The second-order valence-electron chi connectivity index (χ2n) is 6.65. The highest BCUT2D eigenvalue weighted by Gasteiger charge is 2.38. The minimum absolute atomic E-state index is 0.0243. The van der Waals surface area contributed by atoms with Crippen molar-refractivity contribution in [2.24, 2.45) is 0 Å². The Morgan fingerprint density at radius 3 is 2.21 bits per heavy atom. The minimum Gasteiger partial charge on any atom is -0.341 e. The number of hydrogen-bond acceptors (Lipinski definition) is 6. The summed E-state index contributed by atoms with van der Waals surface area (Å²) in [6.07, 6.45) is 1.01. The largest absolute Gasteiger partial charge is 0.341 e. The van der Waals surface area contributed by atoms with Crippen molar-refractivity contribution in [2.45, 2.75) is 19.8 Å². The van der Waals surface area contributed by atoms with Gasteiger partial charge in [0.25, 0.3) is 17.5 Å². The van der Waals surface area contributed by atoms with Gasteiger partial charge in [0.1, 0.15) is 6.54 Å². The Morgan fingerprint density at radius 1 is 1.00 bits per heavy atom. The van der Waals surface area contributed by atoms with Crippen molar-refractivity contribution >= 4 is 29.3 Å². The van der Waals surface area contributed by atoms with E-state index < -0.39 is 29.2 Å². The van der Waals surface area contributed by atoms with Gasteiger partial charge in [-0.3, -0.25) is 34.2 Å². The zero-order valence-electron chi connectivity index (χ0n) is 15.4. The zero-order valence-corrected chi connectivity index (χ0v) is 15.4. The molecule has 0 unspecified atom stereocenters. The van der Waals surface area contributed by atoms with Gasteiger partial charge in [-0.25, -0.2) is 0 Å². The summed E-state index contributed by atoms with van der Waals surface area (Å²) in [6.45, 7) is 3.09. The molecule has 0 atom stereocenters. The molecule has 148 valence electrons. The summed E-state index contributed by atoms with van der Waals surface area (Å²) in [6, 6.07) is 3.45. The van der Waals surface area contributed by atoms with E-state index in [1.165, 1.54) is 11.0 Å². The molecule has 2 heterocycles. The van der Waals surface area contributed by atoms with Gasteiger partial charge in [-0.15, -0.1) is 0 Å². The lowest BCUT2D eigenvalue weighted by atomic mass is 10.1. The number of carbonyl (C=O) groups excluding carboxylic acids is 4. The molecule has 4 amide bonds. The highest BCUT2D eigenvalue weighted by Crippen LogP contribution is 2.26. The third-order valence-electron chi connectivity index (χ3n) is 4.96. The van der Waals surface area contributed by atoms with E-state index in [1.54, 1.807) is 11.8 Å². The van der Waals surface area contributed by atoms with Crippen LogP contribution in [-0.2, 0) is 9.59 Å². The first-order valence-corrected chi connectivity index (χ1v) is 9.03. The molecule has 0 saturated carbocycles. The standard InChI is InChI=1S/C18H20N4O6/c1-2-15(23)19-6-3-7-20(9-8-19)16(24)11-21-17(25)13-5-4-12(22(27)28)10-14(13)18(21)26/h4-5,10H,2-3,6-9,11H2,1H3. The lowest BCUT2D eigenvalue weighted by Crippen LogP contribution is -2.44. The molecule has 28 heavy (non-hydrogen) atoms. The molecule has 1 saturated heterocycles. The molecule has 2 aliphatic heterocycles. The van der Waals surface area contributed by atoms with Crippen molar-refractivity contribution in [3.8, 4) is 0 Å². The first-order chi connectivity index (χ1) is 13.3. The number of non-ortho nitro benzene ring substituents is 1. The summed E-state index contributed by atoms with van der Waals surface area (Å²) < 4.78 is 0. The predicted molar refractivity (Wildman–Crippen MR) is 96.5 cm³/mol. The average Bonchev–Trinajstić information content (AvgIpc) is 2.87. The van der Waals surface area contributed by atoms with E-state index in [-0.39, 0.29) is 22.7 Å². The van der Waals surface area contributed by atoms with Crippen LogP contribution in [0.25, 0.3) is 0 Å². The molecule has 10 heteroatoms. The molecule has 1 aromatic carbocycles. The number of hydrogen-bond donors (Lipinski definition) is 0. The fraction of sp³-hybridized carbons (Fsp3) is 0.444. The molecular weight excluding hydrogens is 368 g/mol. The quantitative estimate of drug-likeness (QED) is 0.424. The summed E-state index contributed by atoms with van der Waals surface area (Å²) >= 11 is 0. The van der Waals surface area contributed by atoms with Crippen LogP contribution in [0, 0.1) is 10.1 Å².